The van der Waals surface area contributed by atoms with Crippen LogP contribution < -0.4 is 0 Å². The molecule has 20 heavy (non-hydrogen) atoms. The Bertz CT molecular complexity index is 482. The van der Waals surface area contributed by atoms with Crippen LogP contribution in [0.2, 0.25) is 0 Å². The van der Waals surface area contributed by atoms with E-state index in [2.05, 4.69) is 26.1 Å². The highest BCUT2D eigenvalue weighted by Crippen LogP contribution is 2.48. The number of rotatable bonds is 3. The minimum absolute atomic E-state index is 0.218. The fourth-order valence-electron chi connectivity index (χ4n) is 3.24. The van der Waals surface area contributed by atoms with Crippen molar-refractivity contribution in [1.82, 2.24) is 14.8 Å². The van der Waals surface area contributed by atoms with E-state index in [1.807, 2.05) is 4.57 Å². The number of hydrogen-bond donors (Lipinski definition) is 0. The molecule has 0 spiro atoms. The van der Waals surface area contributed by atoms with Gasteiger partial charge in [0, 0.05) is 12.0 Å². The van der Waals surface area contributed by atoms with E-state index >= 15 is 0 Å². The maximum absolute atomic E-state index is 13.2. The van der Waals surface area contributed by atoms with Crippen LogP contribution in [0.5, 0.6) is 0 Å². The summed E-state index contributed by atoms with van der Waals surface area (Å²) >= 11 is 3.35. The lowest BCUT2D eigenvalue weighted by Gasteiger charge is -2.32. The van der Waals surface area contributed by atoms with E-state index < -0.39 is 18.0 Å². The lowest BCUT2D eigenvalue weighted by Crippen LogP contribution is -2.33. The number of alkyl halides is 4. The van der Waals surface area contributed by atoms with E-state index in [4.69, 9.17) is 0 Å². The molecule has 0 N–H and O–H groups in total. The Hall–Kier alpha value is -0.590. The zero-order chi connectivity index (χ0) is 14.3. The highest BCUT2D eigenvalue weighted by Gasteiger charge is 2.48. The molecule has 0 amide bonds. The summed E-state index contributed by atoms with van der Waals surface area (Å²) in [5.41, 5.74) is 0. The van der Waals surface area contributed by atoms with Crippen molar-refractivity contribution in [2.45, 2.75) is 62.0 Å². The number of aromatic nitrogens is 3. The average molecular weight is 352 g/mol. The molecular formula is C13H17BrF3N3. The maximum Gasteiger partial charge on any atom is 0.392 e. The molecule has 1 heterocycles. The van der Waals surface area contributed by atoms with E-state index in [1.54, 1.807) is 0 Å². The van der Waals surface area contributed by atoms with Gasteiger partial charge in [-0.3, -0.25) is 0 Å². The van der Waals surface area contributed by atoms with Gasteiger partial charge in [0.05, 0.1) is 11.2 Å². The molecule has 1 aromatic rings. The quantitative estimate of drug-likeness (QED) is 0.758. The van der Waals surface area contributed by atoms with Crippen LogP contribution in [0.3, 0.4) is 0 Å². The van der Waals surface area contributed by atoms with E-state index in [9.17, 15) is 13.2 Å². The molecule has 2 fully saturated rings. The predicted octanol–water partition coefficient (Wildman–Crippen LogP) is 4.34. The molecule has 2 aliphatic carbocycles. The monoisotopic (exact) mass is 351 g/mol. The Kier molecular flexibility index (Phi) is 3.81. The van der Waals surface area contributed by atoms with Gasteiger partial charge in [-0.25, -0.2) is 0 Å². The van der Waals surface area contributed by atoms with Gasteiger partial charge in [0.15, 0.2) is 0 Å². The first-order chi connectivity index (χ1) is 9.52. The summed E-state index contributed by atoms with van der Waals surface area (Å²) in [6.07, 6.45) is 0.192. The van der Waals surface area contributed by atoms with Crippen LogP contribution >= 0.6 is 15.9 Å². The summed E-state index contributed by atoms with van der Waals surface area (Å²) in [5.74, 6) is -0.469. The second-order valence-corrected chi connectivity index (χ2v) is 6.31. The van der Waals surface area contributed by atoms with Crippen molar-refractivity contribution >= 4 is 15.9 Å². The molecule has 0 saturated heterocycles. The van der Waals surface area contributed by atoms with Crippen molar-refractivity contribution in [2.24, 2.45) is 5.92 Å². The van der Waals surface area contributed by atoms with E-state index in [0.717, 1.165) is 25.1 Å². The molecule has 112 valence electrons. The Morgan fingerprint density at radius 3 is 2.40 bits per heavy atom. The SMILES string of the molecule is FC(F)(F)C1CCCCC1c1nnc(CBr)n1C1CC1. The summed E-state index contributed by atoms with van der Waals surface area (Å²) in [6.45, 7) is 0. The van der Waals surface area contributed by atoms with Gasteiger partial charge in [0.1, 0.15) is 11.6 Å². The van der Waals surface area contributed by atoms with Gasteiger partial charge in [-0.2, -0.15) is 13.2 Å². The van der Waals surface area contributed by atoms with Crippen molar-refractivity contribution < 1.29 is 13.2 Å². The summed E-state index contributed by atoms with van der Waals surface area (Å²) < 4.78 is 41.7. The van der Waals surface area contributed by atoms with Gasteiger partial charge in [0.25, 0.3) is 0 Å². The van der Waals surface area contributed by atoms with Crippen molar-refractivity contribution in [3.63, 3.8) is 0 Å². The number of hydrogen-bond acceptors (Lipinski definition) is 2. The van der Waals surface area contributed by atoms with Gasteiger partial charge in [-0.05, 0) is 25.7 Å². The first-order valence-corrected chi connectivity index (χ1v) is 8.21. The molecule has 7 heteroatoms. The smallest absolute Gasteiger partial charge is 0.311 e. The first-order valence-electron chi connectivity index (χ1n) is 7.08. The normalized spacial score (nSPS) is 27.8. The molecule has 3 nitrogen and oxygen atoms in total. The molecule has 3 rings (SSSR count). The molecule has 2 atom stereocenters. The summed E-state index contributed by atoms with van der Waals surface area (Å²) in [4.78, 5) is 0. The molecule has 2 saturated carbocycles. The summed E-state index contributed by atoms with van der Waals surface area (Å²) in [5, 5.41) is 8.75. The highest BCUT2D eigenvalue weighted by atomic mass is 79.9. The van der Waals surface area contributed by atoms with Crippen molar-refractivity contribution in [2.75, 3.05) is 0 Å². The standard InChI is InChI=1S/C13H17BrF3N3/c14-7-11-18-19-12(20(11)8-5-6-8)9-3-1-2-4-10(9)13(15,16)17/h8-10H,1-7H2. The van der Waals surface area contributed by atoms with Gasteiger partial charge in [-0.15, -0.1) is 10.2 Å². The highest BCUT2D eigenvalue weighted by molar-refractivity contribution is 9.08. The van der Waals surface area contributed by atoms with Gasteiger partial charge >= 0.3 is 6.18 Å². The zero-order valence-electron chi connectivity index (χ0n) is 11.0. The minimum Gasteiger partial charge on any atom is -0.311 e. The lowest BCUT2D eigenvalue weighted by atomic mass is 9.78. The number of halogens is 4. The van der Waals surface area contributed by atoms with Crippen LogP contribution in [0.25, 0.3) is 0 Å². The second kappa shape index (κ2) is 5.31. The largest absolute Gasteiger partial charge is 0.392 e. The first kappa shape index (κ1) is 14.4. The fraction of sp³-hybridized carbons (Fsp3) is 0.846. The summed E-state index contributed by atoms with van der Waals surface area (Å²) in [7, 11) is 0. The Labute approximate surface area is 124 Å². The van der Waals surface area contributed by atoms with Gasteiger partial charge < -0.3 is 4.57 Å². The molecule has 2 unspecified atom stereocenters. The molecule has 0 aliphatic heterocycles. The maximum atomic E-state index is 13.2. The minimum atomic E-state index is -4.14. The molecule has 0 radical (unpaired) electrons. The Morgan fingerprint density at radius 2 is 1.80 bits per heavy atom. The van der Waals surface area contributed by atoms with Crippen LogP contribution in [0, 0.1) is 5.92 Å². The Morgan fingerprint density at radius 1 is 1.10 bits per heavy atom. The number of nitrogens with zero attached hydrogens (tertiary/aromatic N) is 3. The third-order valence-corrected chi connectivity index (χ3v) is 4.84. The predicted molar refractivity (Wildman–Crippen MR) is 71.7 cm³/mol. The van der Waals surface area contributed by atoms with Crippen LogP contribution in [0.4, 0.5) is 13.2 Å². The Balaban J connectivity index is 1.96. The third-order valence-electron chi connectivity index (χ3n) is 4.34. The molecule has 2 aliphatic rings. The summed E-state index contributed by atoms with van der Waals surface area (Å²) in [6, 6.07) is 0.309. The zero-order valence-corrected chi connectivity index (χ0v) is 12.6. The van der Waals surface area contributed by atoms with E-state index in [1.165, 1.54) is 0 Å². The van der Waals surface area contributed by atoms with Gasteiger partial charge in [-0.1, -0.05) is 28.8 Å². The topological polar surface area (TPSA) is 30.7 Å². The molecule has 1 aromatic heterocycles. The van der Waals surface area contributed by atoms with Crippen molar-refractivity contribution in [3.05, 3.63) is 11.6 Å². The van der Waals surface area contributed by atoms with Crippen LogP contribution in [0.1, 0.15) is 62.1 Å². The van der Waals surface area contributed by atoms with E-state index in [-0.39, 0.29) is 6.42 Å². The lowest BCUT2D eigenvalue weighted by molar-refractivity contribution is -0.188. The molecular weight excluding hydrogens is 335 g/mol. The van der Waals surface area contributed by atoms with Crippen molar-refractivity contribution in [1.29, 1.82) is 0 Å². The van der Waals surface area contributed by atoms with Gasteiger partial charge in [0.2, 0.25) is 0 Å². The average Bonchev–Trinajstić information content (AvgIpc) is 3.16. The molecule has 0 aromatic carbocycles. The third kappa shape index (κ3) is 2.61. The van der Waals surface area contributed by atoms with Crippen LogP contribution in [0.15, 0.2) is 0 Å². The van der Waals surface area contributed by atoms with Crippen LogP contribution in [-0.2, 0) is 5.33 Å². The van der Waals surface area contributed by atoms with Crippen molar-refractivity contribution in [3.8, 4) is 0 Å². The van der Waals surface area contributed by atoms with E-state index in [0.29, 0.717) is 30.0 Å². The molecule has 0 bridgehead atoms. The van der Waals surface area contributed by atoms with Crippen LogP contribution in [-0.4, -0.2) is 20.9 Å². The fourth-order valence-corrected chi connectivity index (χ4v) is 3.63. The second-order valence-electron chi connectivity index (χ2n) is 5.75.